The van der Waals surface area contributed by atoms with Gasteiger partial charge in [-0.3, -0.25) is 0 Å². The summed E-state index contributed by atoms with van der Waals surface area (Å²) in [6.45, 7) is 5.23. The van der Waals surface area contributed by atoms with Gasteiger partial charge in [0.15, 0.2) is 0 Å². The van der Waals surface area contributed by atoms with Crippen molar-refractivity contribution in [2.75, 3.05) is 6.61 Å². The lowest BCUT2D eigenvalue weighted by atomic mass is 10.0. The first-order chi connectivity index (χ1) is 17.3. The molecule has 0 N–H and O–H groups in total. The molecule has 4 nitrogen and oxygen atoms in total. The number of hydrogen-bond donors (Lipinski definition) is 0. The highest BCUT2D eigenvalue weighted by Crippen LogP contribution is 2.27. The molecule has 4 aromatic rings. The second kappa shape index (κ2) is 12.9. The summed E-state index contributed by atoms with van der Waals surface area (Å²) in [6.07, 6.45) is 9.71. The third-order valence-electron chi connectivity index (χ3n) is 6.29. The van der Waals surface area contributed by atoms with E-state index in [4.69, 9.17) is 9.26 Å². The van der Waals surface area contributed by atoms with Crippen LogP contribution >= 0.6 is 0 Å². The lowest BCUT2D eigenvalue weighted by Gasteiger charge is -2.07. The fourth-order valence-electron chi connectivity index (χ4n) is 4.13. The third kappa shape index (κ3) is 7.05. The molecule has 0 bridgehead atoms. The molecule has 4 heteroatoms. The minimum absolute atomic E-state index is 0.550. The van der Waals surface area contributed by atoms with E-state index < -0.39 is 0 Å². The van der Waals surface area contributed by atoms with Crippen molar-refractivity contribution in [2.24, 2.45) is 0 Å². The Bertz CT molecular complexity index is 1150. The van der Waals surface area contributed by atoms with Crippen LogP contribution in [0.3, 0.4) is 0 Å². The van der Waals surface area contributed by atoms with E-state index in [0.29, 0.717) is 11.7 Å². The van der Waals surface area contributed by atoms with Gasteiger partial charge in [-0.15, -0.1) is 0 Å². The van der Waals surface area contributed by atoms with Crippen molar-refractivity contribution in [3.8, 4) is 39.7 Å². The summed E-state index contributed by atoms with van der Waals surface area (Å²) in [6, 6.07) is 25.0. The van der Waals surface area contributed by atoms with Crippen LogP contribution in [0.25, 0.3) is 34.0 Å². The van der Waals surface area contributed by atoms with E-state index in [9.17, 15) is 0 Å². The zero-order chi connectivity index (χ0) is 24.3. The van der Waals surface area contributed by atoms with Gasteiger partial charge >= 0.3 is 0 Å². The van der Waals surface area contributed by atoms with Crippen LogP contribution in [0.15, 0.2) is 77.3 Å². The van der Waals surface area contributed by atoms with E-state index in [2.05, 4.69) is 72.5 Å². The highest BCUT2D eigenvalue weighted by atomic mass is 16.5. The molecule has 0 saturated heterocycles. The van der Waals surface area contributed by atoms with Crippen molar-refractivity contribution in [3.05, 3.63) is 78.4 Å². The molecule has 4 rings (SSSR count). The average Bonchev–Trinajstić information content (AvgIpc) is 3.40. The molecule has 0 spiro atoms. The Balaban J connectivity index is 1.35. The van der Waals surface area contributed by atoms with E-state index in [1.54, 1.807) is 0 Å². The average molecular weight is 469 g/mol. The molecule has 0 unspecified atom stereocenters. The molecular weight excluding hydrogens is 432 g/mol. The molecule has 0 aliphatic rings. The number of unbranched alkanes of at least 4 members (excludes halogenated alkanes) is 5. The molecule has 3 aromatic carbocycles. The Morgan fingerprint density at radius 2 is 1.23 bits per heavy atom. The second-order valence-electron chi connectivity index (χ2n) is 9.09. The van der Waals surface area contributed by atoms with Gasteiger partial charge in [0, 0.05) is 11.1 Å². The fourth-order valence-corrected chi connectivity index (χ4v) is 4.13. The van der Waals surface area contributed by atoms with Crippen LogP contribution in [-0.4, -0.2) is 16.7 Å². The molecule has 1 aromatic heterocycles. The maximum Gasteiger partial charge on any atom is 0.258 e. The van der Waals surface area contributed by atoms with Gasteiger partial charge in [-0.25, -0.2) is 0 Å². The number of benzene rings is 3. The van der Waals surface area contributed by atoms with Crippen LogP contribution in [0.4, 0.5) is 0 Å². The number of nitrogens with zero attached hydrogens (tertiary/aromatic N) is 2. The van der Waals surface area contributed by atoms with E-state index in [0.717, 1.165) is 47.5 Å². The monoisotopic (exact) mass is 468 g/mol. The number of rotatable bonds is 13. The molecule has 0 aliphatic heterocycles. The number of ether oxygens (including phenoxy) is 1. The zero-order valence-electron chi connectivity index (χ0n) is 21.0. The Morgan fingerprint density at radius 1 is 0.629 bits per heavy atom. The van der Waals surface area contributed by atoms with Crippen LogP contribution in [0, 0.1) is 0 Å². The Hall–Kier alpha value is -3.40. The molecule has 0 amide bonds. The van der Waals surface area contributed by atoms with Crippen LogP contribution < -0.4 is 4.74 Å². The topological polar surface area (TPSA) is 48.2 Å². The summed E-state index contributed by atoms with van der Waals surface area (Å²) in [7, 11) is 0. The van der Waals surface area contributed by atoms with Crippen molar-refractivity contribution < 1.29 is 9.26 Å². The molecule has 0 aliphatic carbocycles. The Kier molecular flexibility index (Phi) is 9.11. The number of aryl methyl sites for hydroxylation is 1. The molecule has 182 valence electrons. The normalized spacial score (nSPS) is 11.0. The van der Waals surface area contributed by atoms with Crippen molar-refractivity contribution in [1.29, 1.82) is 0 Å². The van der Waals surface area contributed by atoms with Crippen molar-refractivity contribution in [3.63, 3.8) is 0 Å². The van der Waals surface area contributed by atoms with E-state index in [-0.39, 0.29) is 0 Å². The van der Waals surface area contributed by atoms with Crippen LogP contribution in [0.5, 0.6) is 5.75 Å². The third-order valence-corrected chi connectivity index (χ3v) is 6.29. The maximum absolute atomic E-state index is 5.86. The standard InChI is InChI=1S/C31H36N2O2/c1-3-5-7-9-23-34-29-21-19-26(20-22-29)25-15-17-27(18-16-25)30-32-31(35-33-30)28-13-11-24(12-14-28)10-8-6-4-2/h11-22H,3-10,23H2,1-2H3. The molecule has 0 atom stereocenters. The van der Waals surface area contributed by atoms with Crippen LogP contribution in [0.2, 0.25) is 0 Å². The van der Waals surface area contributed by atoms with Gasteiger partial charge in [0.05, 0.1) is 6.61 Å². The van der Waals surface area contributed by atoms with Crippen molar-refractivity contribution >= 4 is 0 Å². The van der Waals surface area contributed by atoms with Gasteiger partial charge in [-0.2, -0.15) is 4.98 Å². The lowest BCUT2D eigenvalue weighted by Crippen LogP contribution is -1.96. The summed E-state index contributed by atoms with van der Waals surface area (Å²) in [5.41, 5.74) is 5.54. The summed E-state index contributed by atoms with van der Waals surface area (Å²) in [4.78, 5) is 4.62. The first-order valence-corrected chi connectivity index (χ1v) is 13.0. The largest absolute Gasteiger partial charge is 0.494 e. The minimum Gasteiger partial charge on any atom is -0.494 e. The van der Waals surface area contributed by atoms with E-state index in [1.165, 1.54) is 44.1 Å². The molecule has 0 fully saturated rings. The van der Waals surface area contributed by atoms with Crippen LogP contribution in [0.1, 0.15) is 64.4 Å². The summed E-state index contributed by atoms with van der Waals surface area (Å²) in [5.74, 6) is 2.08. The van der Waals surface area contributed by atoms with Gasteiger partial charge in [-0.05, 0) is 60.2 Å². The predicted molar refractivity (Wildman–Crippen MR) is 143 cm³/mol. The molecule has 0 saturated carbocycles. The van der Waals surface area contributed by atoms with Gasteiger partial charge in [0.2, 0.25) is 5.82 Å². The lowest BCUT2D eigenvalue weighted by molar-refractivity contribution is 0.305. The molecule has 35 heavy (non-hydrogen) atoms. The SMILES string of the molecule is CCCCCCOc1ccc(-c2ccc(-c3noc(-c4ccc(CCCCC)cc4)n3)cc2)cc1. The fraction of sp³-hybridized carbons (Fsp3) is 0.355. The number of hydrogen-bond acceptors (Lipinski definition) is 4. The van der Waals surface area contributed by atoms with Crippen LogP contribution in [-0.2, 0) is 6.42 Å². The van der Waals surface area contributed by atoms with E-state index in [1.807, 2.05) is 24.3 Å². The molecule has 1 heterocycles. The van der Waals surface area contributed by atoms with Gasteiger partial charge in [0.25, 0.3) is 5.89 Å². The Morgan fingerprint density at radius 3 is 1.91 bits per heavy atom. The molecular formula is C31H36N2O2. The summed E-state index contributed by atoms with van der Waals surface area (Å²) >= 11 is 0. The first-order valence-electron chi connectivity index (χ1n) is 13.0. The minimum atomic E-state index is 0.550. The van der Waals surface area contributed by atoms with Gasteiger partial charge < -0.3 is 9.26 Å². The smallest absolute Gasteiger partial charge is 0.258 e. The van der Waals surface area contributed by atoms with Crippen molar-refractivity contribution in [2.45, 2.75) is 65.2 Å². The van der Waals surface area contributed by atoms with E-state index >= 15 is 0 Å². The predicted octanol–water partition coefficient (Wildman–Crippen LogP) is 8.76. The highest BCUT2D eigenvalue weighted by Gasteiger charge is 2.11. The first kappa shape index (κ1) is 24.7. The quantitative estimate of drug-likeness (QED) is 0.184. The Labute approximate surface area is 209 Å². The summed E-state index contributed by atoms with van der Waals surface area (Å²) < 4.78 is 11.4. The second-order valence-corrected chi connectivity index (χ2v) is 9.09. The molecule has 0 radical (unpaired) electrons. The van der Waals surface area contributed by atoms with Crippen molar-refractivity contribution in [1.82, 2.24) is 10.1 Å². The van der Waals surface area contributed by atoms with Gasteiger partial charge in [-0.1, -0.05) is 99.6 Å². The zero-order valence-corrected chi connectivity index (χ0v) is 21.0. The highest BCUT2D eigenvalue weighted by molar-refractivity contribution is 5.68. The maximum atomic E-state index is 5.86. The summed E-state index contributed by atoms with van der Waals surface area (Å²) in [5, 5.41) is 4.20. The van der Waals surface area contributed by atoms with Gasteiger partial charge in [0.1, 0.15) is 5.75 Å². The number of aromatic nitrogens is 2.